The number of amides is 6. The zero-order valence-corrected chi connectivity index (χ0v) is 75.1. The van der Waals surface area contributed by atoms with Gasteiger partial charge in [0.25, 0.3) is 34.8 Å². The third-order valence-electron chi connectivity index (χ3n) is 15.9. The van der Waals surface area contributed by atoms with Gasteiger partial charge in [-0.1, -0.05) is 175 Å². The highest BCUT2D eigenvalue weighted by molar-refractivity contribution is 14.1. The molecule has 25 nitrogen and oxygen atoms in total. The summed E-state index contributed by atoms with van der Waals surface area (Å²) in [6.45, 7) is 13.9. The Morgan fingerprint density at radius 3 is 1.29 bits per heavy atom. The molecule has 5 saturated heterocycles. The number of hydrogen-bond donors (Lipinski definition) is 8. The average Bonchev–Trinajstić information content (AvgIpc) is 1.69. The summed E-state index contributed by atoms with van der Waals surface area (Å²) in [6, 6.07) is 16.5. The Morgan fingerprint density at radius 1 is 0.482 bits per heavy atom. The molecule has 6 amide bonds. The average molecular weight is 2020 g/mol. The number of halogens is 5. The first-order valence-corrected chi connectivity index (χ1v) is 41.8. The number of carbonyl (C=O) groups excluding carboxylic acids is 6. The summed E-state index contributed by atoms with van der Waals surface area (Å²) in [6.07, 6.45) is 8.16. The van der Waals surface area contributed by atoms with Crippen molar-refractivity contribution in [2.75, 3.05) is 33.3 Å². The minimum atomic E-state index is -1.22. The number of aryl methyl sites for hydroxylation is 2. The van der Waals surface area contributed by atoms with Gasteiger partial charge in [0.1, 0.15) is 47.9 Å². The monoisotopic (exact) mass is 2020 g/mol. The summed E-state index contributed by atoms with van der Waals surface area (Å²) in [7, 11) is 1.45. The number of phenolic OH excluding ortho intramolecular Hbond substituents is 3. The first-order chi connectivity index (χ1) is 52.3. The number of benzene rings is 5. The smallest absolute Gasteiger partial charge is 0.326 e. The summed E-state index contributed by atoms with van der Waals surface area (Å²) >= 11 is 44.2. The van der Waals surface area contributed by atoms with Crippen molar-refractivity contribution in [2.24, 2.45) is 5.92 Å². The molecular weight excluding hydrogens is 1960 g/mol. The third-order valence-corrected chi connectivity index (χ3v) is 26.3. The molecule has 5 aromatic rings. The lowest BCUT2D eigenvalue weighted by molar-refractivity contribution is -0.145. The first-order valence-electron chi connectivity index (χ1n) is 32.3. The molecule has 5 aromatic carbocycles. The van der Waals surface area contributed by atoms with E-state index < -0.39 is 66.0 Å². The standard InChI is InChI=1S/C18H21NO5S2.C15H15NO4S2.C14H12ClNO4S2.C13H9Br2NO3S2.C13H9BrINO4S/c1-9(2)5-12(17(22)23)19-16(21)14(26-18(19)25)8-11-6-10(3)15(20)13(7-11)24-4;1-8-5-10(6-11(17)9(8)2)7-12-14(20)16(15(21)22-12)4-3-13(18)19;1-7-9(15)4-8(5-10(7)17)6-11-13(20)16(14(21)22-11)3-2-12(18)19;2*1-6-8(14)2-7(3-9(6)15)4-10-12(19)16(5-11(17)18)13(20)21-10/h6-9,12,20H,5H2,1-4H3,(H,22,23);5-7,17H,3-4H2,1-2H3,(H,18,19);4-6,17H,2-3H2,1H3,(H,18,19);2*2-4H,5H2,1H3,(H,17,18)/b14-8-;12-7-;11-6-;2*10-4-/t12-;;;;/m1..../s1. The van der Waals surface area contributed by atoms with E-state index in [1.165, 1.54) is 27.9 Å². The molecule has 10 rings (SSSR count). The molecule has 0 aliphatic carbocycles. The van der Waals surface area contributed by atoms with Crippen LogP contribution < -0.4 is 4.74 Å². The molecule has 0 radical (unpaired) electrons. The lowest BCUT2D eigenvalue weighted by Gasteiger charge is -2.24. The number of rotatable bonds is 20. The number of carboxylic acid groups (broad SMARTS) is 5. The predicted molar refractivity (Wildman–Crippen MR) is 471 cm³/mol. The van der Waals surface area contributed by atoms with E-state index in [0.29, 0.717) is 73.3 Å². The van der Waals surface area contributed by atoms with Gasteiger partial charge in [0.2, 0.25) is 0 Å². The number of aliphatic carboxylic acids is 5. The number of thioether (sulfide) groups is 5. The van der Waals surface area contributed by atoms with Gasteiger partial charge >= 0.3 is 29.8 Å². The van der Waals surface area contributed by atoms with Crippen molar-refractivity contribution in [3.05, 3.63) is 168 Å². The number of methoxy groups -OCH3 is 1. The fraction of sp³-hybridized carbons (Fsp3) is 0.247. The van der Waals surface area contributed by atoms with Crippen LogP contribution in [0.5, 0.6) is 23.0 Å². The Labute approximate surface area is 728 Å². The number of carboxylic acids is 5. The van der Waals surface area contributed by atoms with Crippen LogP contribution in [0.2, 0.25) is 5.02 Å². The second-order valence-corrected chi connectivity index (χ2v) is 36.4. The second-order valence-electron chi connectivity index (χ2n) is 24.5. The Morgan fingerprint density at radius 2 is 0.857 bits per heavy atom. The molecule has 0 spiro atoms. The van der Waals surface area contributed by atoms with Crippen molar-refractivity contribution in [3.63, 3.8) is 0 Å². The van der Waals surface area contributed by atoms with Gasteiger partial charge in [-0.3, -0.25) is 72.4 Å². The Balaban J connectivity index is 0.000000219. The lowest BCUT2D eigenvalue weighted by Crippen LogP contribution is -2.44. The summed E-state index contributed by atoms with van der Waals surface area (Å²) in [5.41, 5.74) is 8.59. The van der Waals surface area contributed by atoms with Crippen LogP contribution in [0.25, 0.3) is 30.4 Å². The second kappa shape index (κ2) is 42.0. The Kier molecular flexibility index (Phi) is 35.2. The van der Waals surface area contributed by atoms with Gasteiger partial charge in [-0.15, -0.1) is 0 Å². The molecule has 0 bridgehead atoms. The summed E-state index contributed by atoms with van der Waals surface area (Å²) in [4.78, 5) is 135. The van der Waals surface area contributed by atoms with E-state index in [-0.39, 0.29) is 80.4 Å². The lowest BCUT2D eigenvalue weighted by atomic mass is 10.0. The van der Waals surface area contributed by atoms with E-state index in [2.05, 4.69) is 70.4 Å². The van der Waals surface area contributed by atoms with Crippen LogP contribution in [0.1, 0.15) is 94.3 Å². The van der Waals surface area contributed by atoms with Crippen molar-refractivity contribution in [3.8, 4) is 23.0 Å². The number of phenols is 3. The minimum Gasteiger partial charge on any atom is -0.508 e. The molecule has 0 aromatic heterocycles. The molecule has 8 N–H and O–H groups in total. The Hall–Kier alpha value is -7.06. The number of aromatic hydroxyl groups is 3. The topological polar surface area (TPSA) is 375 Å². The zero-order chi connectivity index (χ0) is 83.9. The number of carbonyl (C=O) groups is 11. The molecule has 1 atom stereocenters. The van der Waals surface area contributed by atoms with Crippen molar-refractivity contribution < 1.29 is 98.3 Å². The molecule has 5 fully saturated rings. The molecule has 0 saturated carbocycles. The van der Waals surface area contributed by atoms with Crippen molar-refractivity contribution in [1.82, 2.24) is 24.5 Å². The van der Waals surface area contributed by atoms with Gasteiger partial charge < -0.3 is 45.6 Å². The number of imide groups is 1. The van der Waals surface area contributed by atoms with E-state index in [0.717, 1.165) is 119 Å². The number of ether oxygens (including phenoxy) is 1. The molecule has 592 valence electrons. The van der Waals surface area contributed by atoms with Gasteiger partial charge in [-0.2, -0.15) is 0 Å². The minimum absolute atomic E-state index is 0.0389. The van der Waals surface area contributed by atoms with Crippen LogP contribution in [-0.4, -0.2) is 187 Å². The molecular formula is C73H66Br3ClIN5O20S9. The quantitative estimate of drug-likeness (QED) is 0.0204. The van der Waals surface area contributed by atoms with E-state index in [4.69, 9.17) is 85.6 Å². The molecule has 5 aliphatic heterocycles. The van der Waals surface area contributed by atoms with Crippen LogP contribution in [0.4, 0.5) is 4.79 Å². The van der Waals surface area contributed by atoms with Crippen LogP contribution in [0.15, 0.2) is 98.6 Å². The van der Waals surface area contributed by atoms with Gasteiger partial charge in [0.05, 0.1) is 44.5 Å². The van der Waals surface area contributed by atoms with Crippen LogP contribution in [-0.2, 0) is 47.9 Å². The molecule has 39 heteroatoms. The van der Waals surface area contributed by atoms with Crippen molar-refractivity contribution in [1.29, 1.82) is 0 Å². The fourth-order valence-corrected chi connectivity index (χ4v) is 18.9. The summed E-state index contributed by atoms with van der Waals surface area (Å²) in [5.74, 6) is -6.68. The van der Waals surface area contributed by atoms with Crippen LogP contribution >= 0.6 is 190 Å². The van der Waals surface area contributed by atoms with Crippen molar-refractivity contribution in [2.45, 2.75) is 80.7 Å². The largest absolute Gasteiger partial charge is 0.508 e. The highest BCUT2D eigenvalue weighted by Crippen LogP contribution is 2.41. The zero-order valence-electron chi connectivity index (χ0n) is 60.0. The van der Waals surface area contributed by atoms with E-state index in [9.17, 15) is 73.2 Å². The molecule has 0 unspecified atom stereocenters. The van der Waals surface area contributed by atoms with E-state index >= 15 is 0 Å². The fourth-order valence-electron chi connectivity index (χ4n) is 9.84. The van der Waals surface area contributed by atoms with Gasteiger partial charge in [0.15, 0.2) is 11.5 Å². The van der Waals surface area contributed by atoms with Crippen LogP contribution in [0.3, 0.4) is 0 Å². The maximum atomic E-state index is 12.8. The third kappa shape index (κ3) is 25.5. The highest BCUT2D eigenvalue weighted by Gasteiger charge is 2.42. The Bertz CT molecular complexity index is 4650. The van der Waals surface area contributed by atoms with Crippen molar-refractivity contribution >= 4 is 302 Å². The van der Waals surface area contributed by atoms with Gasteiger partial charge in [0, 0.05) is 40.7 Å². The van der Waals surface area contributed by atoms with Gasteiger partial charge in [-0.05, 0) is 229 Å². The van der Waals surface area contributed by atoms with E-state index in [1.54, 1.807) is 68.5 Å². The maximum absolute atomic E-state index is 12.8. The number of nitrogens with zero attached hydrogens (tertiary/aromatic N) is 5. The molecule has 5 aliphatic rings. The molecule has 112 heavy (non-hydrogen) atoms. The first kappa shape index (κ1) is 93.8. The van der Waals surface area contributed by atoms with Gasteiger partial charge in [-0.25, -0.2) is 4.79 Å². The van der Waals surface area contributed by atoms with Crippen LogP contribution in [0, 0.1) is 51.0 Å². The normalized spacial score (nSPS) is 16.9. The number of thiocarbonyl (C=S) groups is 4. The number of hydrogen-bond acceptors (Lipinski definition) is 24. The van der Waals surface area contributed by atoms with E-state index in [1.807, 2.05) is 71.9 Å². The maximum Gasteiger partial charge on any atom is 0.326 e. The summed E-state index contributed by atoms with van der Waals surface area (Å²) < 4.78 is 10.1. The summed E-state index contributed by atoms with van der Waals surface area (Å²) in [5, 5.41) is 73.8. The SMILES string of the molecule is COc1cc(/C=C2\SC(=S)N([C@H](CC(C)C)C(=O)O)C2=O)cc(C)c1O.Cc1c(Br)cc(/C=C2\SC(=O)N(CC(=O)O)C2=O)cc1I.Cc1c(Br)cc(/C=C2\SC(=S)N(CC(=O)O)C2=O)cc1Br.Cc1c(O)cc(/C=C2\SC(=S)N(CCC(=O)O)C2=O)cc1Cl.Cc1cc(/C=C2\SC(=S)N(CCC(=O)O)C2=O)cc(O)c1C. The molecule has 5 heterocycles. The predicted octanol–water partition coefficient (Wildman–Crippen LogP) is 16.4. The highest BCUT2D eigenvalue weighted by atomic mass is 127.